The third kappa shape index (κ3) is 4.64. The first-order chi connectivity index (χ1) is 8.33. The molecule has 0 radical (unpaired) electrons. The van der Waals surface area contributed by atoms with Crippen molar-refractivity contribution in [3.63, 3.8) is 0 Å². The van der Waals surface area contributed by atoms with E-state index >= 15 is 0 Å². The molecule has 0 aliphatic heterocycles. The normalized spacial score (nSPS) is 13.7. The molecule has 0 saturated heterocycles. The summed E-state index contributed by atoms with van der Waals surface area (Å²) in [4.78, 5) is 0. The largest absolute Gasteiger partial charge is 0.390 e. The van der Waals surface area contributed by atoms with E-state index in [-0.39, 0.29) is 5.56 Å². The Morgan fingerprint density at radius 1 is 1.28 bits per heavy atom. The Hall–Kier alpha value is -1.10. The summed E-state index contributed by atoms with van der Waals surface area (Å²) in [5, 5.41) is 2.75. The Bertz CT molecular complexity index is 387. The highest BCUT2D eigenvalue weighted by molar-refractivity contribution is 5.27. The zero-order valence-electron chi connectivity index (χ0n) is 10.4. The van der Waals surface area contributed by atoms with Crippen LogP contribution >= 0.6 is 0 Å². The van der Waals surface area contributed by atoms with Crippen LogP contribution in [-0.4, -0.2) is 12.7 Å². The molecule has 0 bridgehead atoms. The second kappa shape index (κ2) is 6.18. The number of benzene rings is 1. The van der Waals surface area contributed by atoms with E-state index < -0.39 is 24.5 Å². The molecule has 1 N–H and O–H groups in total. The van der Waals surface area contributed by atoms with Crippen molar-refractivity contribution in [3.05, 3.63) is 35.1 Å². The zero-order chi connectivity index (χ0) is 13.8. The van der Waals surface area contributed by atoms with E-state index in [0.29, 0.717) is 13.0 Å². The number of hydrogen-bond donors (Lipinski definition) is 1. The highest BCUT2D eigenvalue weighted by Gasteiger charge is 2.33. The first-order valence-electron chi connectivity index (χ1n) is 5.89. The molecule has 0 fully saturated rings. The van der Waals surface area contributed by atoms with E-state index in [1.165, 1.54) is 12.1 Å². The van der Waals surface area contributed by atoms with Crippen LogP contribution in [-0.2, 0) is 0 Å². The highest BCUT2D eigenvalue weighted by atomic mass is 19.4. The smallest absolute Gasteiger partial charge is 0.310 e. The predicted molar refractivity (Wildman–Crippen MR) is 62.8 cm³/mol. The van der Waals surface area contributed by atoms with E-state index in [9.17, 15) is 17.6 Å². The Morgan fingerprint density at radius 2 is 1.94 bits per heavy atom. The maximum atomic E-state index is 13.6. The summed E-state index contributed by atoms with van der Waals surface area (Å²) in [6.45, 7) is 4.01. The zero-order valence-corrected chi connectivity index (χ0v) is 10.4. The summed E-state index contributed by atoms with van der Waals surface area (Å²) < 4.78 is 51.1. The fourth-order valence-corrected chi connectivity index (χ4v) is 1.77. The van der Waals surface area contributed by atoms with Crippen LogP contribution in [0.3, 0.4) is 0 Å². The van der Waals surface area contributed by atoms with E-state index in [1.807, 2.05) is 6.92 Å². The molecule has 1 aromatic carbocycles. The van der Waals surface area contributed by atoms with E-state index in [0.717, 1.165) is 5.56 Å². The van der Waals surface area contributed by atoms with Gasteiger partial charge in [-0.15, -0.1) is 0 Å². The molecule has 0 aromatic heterocycles. The molecule has 0 amide bonds. The molecule has 1 nitrogen and oxygen atoms in total. The van der Waals surface area contributed by atoms with Gasteiger partial charge in [-0.25, -0.2) is 4.39 Å². The summed E-state index contributed by atoms with van der Waals surface area (Å²) in [6.07, 6.45) is -4.68. The molecule has 5 heteroatoms. The van der Waals surface area contributed by atoms with E-state index in [4.69, 9.17) is 0 Å². The molecule has 1 aromatic rings. The second-order valence-corrected chi connectivity index (χ2v) is 4.35. The van der Waals surface area contributed by atoms with Crippen molar-refractivity contribution in [3.8, 4) is 0 Å². The molecule has 1 atom stereocenters. The lowest BCUT2D eigenvalue weighted by Crippen LogP contribution is -2.28. The third-order valence-corrected chi connectivity index (χ3v) is 2.60. The lowest BCUT2D eigenvalue weighted by Gasteiger charge is -2.21. The minimum Gasteiger partial charge on any atom is -0.310 e. The van der Waals surface area contributed by atoms with Gasteiger partial charge in [0.15, 0.2) is 0 Å². The molecular formula is C13H17F4N. The van der Waals surface area contributed by atoms with Gasteiger partial charge < -0.3 is 5.32 Å². The molecule has 0 aliphatic carbocycles. The number of aryl methyl sites for hydroxylation is 1. The molecule has 18 heavy (non-hydrogen) atoms. The van der Waals surface area contributed by atoms with Gasteiger partial charge in [0.05, 0.1) is 6.42 Å². The van der Waals surface area contributed by atoms with Crippen molar-refractivity contribution < 1.29 is 17.6 Å². The van der Waals surface area contributed by atoms with Gasteiger partial charge in [0, 0.05) is 11.6 Å². The molecule has 0 aliphatic rings. The van der Waals surface area contributed by atoms with Crippen LogP contribution in [0.5, 0.6) is 0 Å². The number of hydrogen-bond acceptors (Lipinski definition) is 1. The number of rotatable bonds is 5. The van der Waals surface area contributed by atoms with Crippen molar-refractivity contribution in [1.82, 2.24) is 5.32 Å². The van der Waals surface area contributed by atoms with Gasteiger partial charge in [-0.2, -0.15) is 13.2 Å². The van der Waals surface area contributed by atoms with Crippen molar-refractivity contribution in [1.29, 1.82) is 0 Å². The predicted octanol–water partition coefficient (Wildman–Crippen LogP) is 4.13. The van der Waals surface area contributed by atoms with Crippen LogP contribution in [0.25, 0.3) is 0 Å². The molecule has 1 rings (SSSR count). The molecule has 0 heterocycles. The van der Waals surface area contributed by atoms with Gasteiger partial charge in [-0.05, 0) is 26.0 Å². The van der Waals surface area contributed by atoms with Crippen molar-refractivity contribution >= 4 is 0 Å². The highest BCUT2D eigenvalue weighted by Crippen LogP contribution is 2.31. The Kier molecular flexibility index (Phi) is 5.14. The van der Waals surface area contributed by atoms with Gasteiger partial charge in [0.2, 0.25) is 0 Å². The summed E-state index contributed by atoms with van der Waals surface area (Å²) >= 11 is 0. The van der Waals surface area contributed by atoms with Crippen LogP contribution in [0.2, 0.25) is 0 Å². The standard InChI is InChI=1S/C13H17F4N/c1-3-6-18-12(8-13(15,16)17)10-7-9(2)4-5-11(10)14/h4-5,7,12,18H,3,6,8H2,1-2H3. The van der Waals surface area contributed by atoms with E-state index in [1.54, 1.807) is 13.0 Å². The maximum absolute atomic E-state index is 13.6. The quantitative estimate of drug-likeness (QED) is 0.788. The maximum Gasteiger partial charge on any atom is 0.390 e. The van der Waals surface area contributed by atoms with Crippen LogP contribution in [0.4, 0.5) is 17.6 Å². The van der Waals surface area contributed by atoms with E-state index in [2.05, 4.69) is 5.32 Å². The van der Waals surface area contributed by atoms with Gasteiger partial charge in [0.1, 0.15) is 5.82 Å². The first kappa shape index (κ1) is 15.0. The molecule has 0 spiro atoms. The molecule has 102 valence electrons. The molecule has 1 unspecified atom stereocenters. The summed E-state index contributed by atoms with van der Waals surface area (Å²) in [6, 6.07) is 3.20. The lowest BCUT2D eigenvalue weighted by molar-refractivity contribution is -0.140. The fourth-order valence-electron chi connectivity index (χ4n) is 1.77. The minimum absolute atomic E-state index is 0.0841. The molecule has 0 saturated carbocycles. The third-order valence-electron chi connectivity index (χ3n) is 2.60. The number of halogens is 4. The Morgan fingerprint density at radius 3 is 2.50 bits per heavy atom. The van der Waals surface area contributed by atoms with Crippen molar-refractivity contribution in [2.24, 2.45) is 0 Å². The average molecular weight is 263 g/mol. The Labute approximate surface area is 104 Å². The fraction of sp³-hybridized carbons (Fsp3) is 0.538. The average Bonchev–Trinajstić information content (AvgIpc) is 2.26. The van der Waals surface area contributed by atoms with Crippen LogP contribution < -0.4 is 5.32 Å². The van der Waals surface area contributed by atoms with Crippen molar-refractivity contribution in [2.75, 3.05) is 6.54 Å². The van der Waals surface area contributed by atoms with Crippen LogP contribution in [0.1, 0.15) is 36.9 Å². The topological polar surface area (TPSA) is 12.0 Å². The summed E-state index contributed by atoms with van der Waals surface area (Å²) in [5.74, 6) is -0.599. The van der Waals surface area contributed by atoms with Crippen LogP contribution in [0, 0.1) is 12.7 Å². The molecular weight excluding hydrogens is 246 g/mol. The Balaban J connectivity index is 2.97. The van der Waals surface area contributed by atoms with Gasteiger partial charge in [0.25, 0.3) is 0 Å². The number of alkyl halides is 3. The summed E-state index contributed by atoms with van der Waals surface area (Å²) in [7, 11) is 0. The summed E-state index contributed by atoms with van der Waals surface area (Å²) in [5.41, 5.74) is 0.831. The van der Waals surface area contributed by atoms with Gasteiger partial charge in [-0.1, -0.05) is 24.6 Å². The lowest BCUT2D eigenvalue weighted by atomic mass is 10.0. The van der Waals surface area contributed by atoms with Crippen LogP contribution in [0.15, 0.2) is 18.2 Å². The van der Waals surface area contributed by atoms with Gasteiger partial charge in [-0.3, -0.25) is 0 Å². The second-order valence-electron chi connectivity index (χ2n) is 4.35. The first-order valence-corrected chi connectivity index (χ1v) is 5.89. The van der Waals surface area contributed by atoms with Gasteiger partial charge >= 0.3 is 6.18 Å². The SMILES string of the molecule is CCCNC(CC(F)(F)F)c1cc(C)ccc1F. The minimum atomic E-state index is -4.32. The van der Waals surface area contributed by atoms with Crippen molar-refractivity contribution in [2.45, 2.75) is 38.9 Å². The number of nitrogens with one attached hydrogen (secondary N) is 1. The monoisotopic (exact) mass is 263 g/mol.